The van der Waals surface area contributed by atoms with Crippen molar-refractivity contribution in [2.75, 3.05) is 6.61 Å². The first-order valence-electron chi connectivity index (χ1n) is 8.47. The van der Waals surface area contributed by atoms with Crippen LogP contribution in [0.1, 0.15) is 34.2 Å². The van der Waals surface area contributed by atoms with Crippen molar-refractivity contribution in [1.29, 1.82) is 0 Å². The largest absolute Gasteiger partial charge is 0.462 e. The zero-order chi connectivity index (χ0) is 21.6. The van der Waals surface area contributed by atoms with Crippen LogP contribution in [0.3, 0.4) is 0 Å². The quantitative estimate of drug-likeness (QED) is 0.614. The van der Waals surface area contributed by atoms with Gasteiger partial charge in [-0.15, -0.1) is 0 Å². The van der Waals surface area contributed by atoms with Gasteiger partial charge in [0.2, 0.25) is 0 Å². The smallest absolute Gasteiger partial charge is 0.435 e. The third-order valence-corrected chi connectivity index (χ3v) is 4.73. The Bertz CT molecular complexity index is 985. The molecule has 0 radical (unpaired) electrons. The summed E-state index contributed by atoms with van der Waals surface area (Å²) in [6, 6.07) is 3.94. The SMILES string of the molecule is Cn1nc(C(F)(F)F)cc1C(=O)Cc1ccc(F)c([C@@]2(C)N=C(N)OC[C@@H]2F)c1. The topological polar surface area (TPSA) is 82.5 Å². The average molecular weight is 416 g/mol. The van der Waals surface area contributed by atoms with Crippen molar-refractivity contribution in [2.24, 2.45) is 17.8 Å². The fourth-order valence-corrected chi connectivity index (χ4v) is 3.09. The number of rotatable bonds is 4. The van der Waals surface area contributed by atoms with Gasteiger partial charge >= 0.3 is 6.18 Å². The van der Waals surface area contributed by atoms with E-state index in [0.29, 0.717) is 6.07 Å². The lowest BCUT2D eigenvalue weighted by atomic mass is 9.85. The average Bonchev–Trinajstić information content (AvgIpc) is 3.02. The van der Waals surface area contributed by atoms with Crippen LogP contribution in [0.4, 0.5) is 22.0 Å². The number of carbonyl (C=O) groups excluding carboxylic acids is 1. The molecule has 1 aliphatic heterocycles. The van der Waals surface area contributed by atoms with E-state index >= 15 is 0 Å². The highest BCUT2D eigenvalue weighted by atomic mass is 19.4. The van der Waals surface area contributed by atoms with Crippen LogP contribution in [-0.2, 0) is 29.9 Å². The zero-order valence-electron chi connectivity index (χ0n) is 15.4. The summed E-state index contributed by atoms with van der Waals surface area (Å²) >= 11 is 0. The molecule has 2 N–H and O–H groups in total. The number of aryl methyl sites for hydroxylation is 1. The van der Waals surface area contributed by atoms with Crippen LogP contribution in [0.2, 0.25) is 0 Å². The normalized spacial score (nSPS) is 22.2. The van der Waals surface area contributed by atoms with E-state index in [2.05, 4.69) is 10.1 Å². The number of aromatic nitrogens is 2. The van der Waals surface area contributed by atoms with Gasteiger partial charge in [0.25, 0.3) is 6.02 Å². The number of hydrogen-bond acceptors (Lipinski definition) is 5. The number of ketones is 1. The molecule has 0 aliphatic carbocycles. The van der Waals surface area contributed by atoms with Crippen molar-refractivity contribution in [2.45, 2.75) is 31.2 Å². The molecule has 0 bridgehead atoms. The first kappa shape index (κ1) is 20.7. The van der Waals surface area contributed by atoms with E-state index < -0.39 is 41.8 Å². The van der Waals surface area contributed by atoms with E-state index in [1.807, 2.05) is 0 Å². The highest BCUT2D eigenvalue weighted by Gasteiger charge is 2.42. The molecule has 0 saturated carbocycles. The number of halogens is 5. The number of nitrogens with zero attached hydrogens (tertiary/aromatic N) is 3. The molecule has 29 heavy (non-hydrogen) atoms. The first-order valence-corrected chi connectivity index (χ1v) is 8.47. The van der Waals surface area contributed by atoms with Crippen molar-refractivity contribution in [1.82, 2.24) is 9.78 Å². The zero-order valence-corrected chi connectivity index (χ0v) is 15.4. The van der Waals surface area contributed by atoms with Crippen molar-refractivity contribution in [3.8, 4) is 0 Å². The van der Waals surface area contributed by atoms with Crippen LogP contribution >= 0.6 is 0 Å². The van der Waals surface area contributed by atoms with Gasteiger partial charge in [-0.05, 0) is 30.7 Å². The number of benzene rings is 1. The molecule has 2 aromatic rings. The monoisotopic (exact) mass is 416 g/mol. The van der Waals surface area contributed by atoms with Gasteiger partial charge in [0.1, 0.15) is 23.7 Å². The number of aliphatic imine (C=N–C) groups is 1. The Kier molecular flexibility index (Phi) is 5.10. The Morgan fingerprint density at radius 2 is 2.07 bits per heavy atom. The van der Waals surface area contributed by atoms with E-state index in [4.69, 9.17) is 10.5 Å². The number of ether oxygens (including phenoxy) is 1. The molecule has 1 aromatic carbocycles. The number of Topliss-reactive ketones (excluding diaryl/α,β-unsaturated/α-hetero) is 1. The summed E-state index contributed by atoms with van der Waals surface area (Å²) in [4.78, 5) is 16.4. The predicted molar refractivity (Wildman–Crippen MR) is 92.5 cm³/mol. The van der Waals surface area contributed by atoms with Crippen molar-refractivity contribution >= 4 is 11.8 Å². The van der Waals surface area contributed by atoms with Crippen LogP contribution in [-0.4, -0.2) is 34.4 Å². The van der Waals surface area contributed by atoms with Gasteiger partial charge in [-0.1, -0.05) is 6.07 Å². The summed E-state index contributed by atoms with van der Waals surface area (Å²) in [6.45, 7) is 0.928. The number of alkyl halides is 4. The molecule has 1 aromatic heterocycles. The molecule has 156 valence electrons. The van der Waals surface area contributed by atoms with Gasteiger partial charge in [0.05, 0.1) is 0 Å². The second kappa shape index (κ2) is 7.12. The molecule has 2 heterocycles. The van der Waals surface area contributed by atoms with Crippen LogP contribution in [0.15, 0.2) is 29.3 Å². The summed E-state index contributed by atoms with van der Waals surface area (Å²) in [5, 5.41) is 3.29. The van der Waals surface area contributed by atoms with Gasteiger partial charge in [-0.3, -0.25) is 9.48 Å². The molecular weight excluding hydrogens is 399 g/mol. The van der Waals surface area contributed by atoms with E-state index in [1.165, 1.54) is 26.1 Å². The Morgan fingerprint density at radius 1 is 1.38 bits per heavy atom. The number of carbonyl (C=O) groups is 1. The number of nitrogens with two attached hydrogens (primary N) is 1. The van der Waals surface area contributed by atoms with Crippen LogP contribution < -0.4 is 5.73 Å². The summed E-state index contributed by atoms with van der Waals surface area (Å²) in [5.41, 5.74) is 2.51. The van der Waals surface area contributed by atoms with E-state index in [-0.39, 0.29) is 29.3 Å². The third-order valence-electron chi connectivity index (χ3n) is 4.73. The highest BCUT2D eigenvalue weighted by molar-refractivity contribution is 5.96. The molecule has 3 rings (SSSR count). The van der Waals surface area contributed by atoms with E-state index in [0.717, 1.165) is 10.7 Å². The first-order chi connectivity index (χ1) is 13.4. The summed E-state index contributed by atoms with van der Waals surface area (Å²) < 4.78 is 72.9. The molecular formula is C18H17F5N4O2. The maximum absolute atomic E-state index is 14.5. The van der Waals surface area contributed by atoms with Crippen LogP contribution in [0.5, 0.6) is 0 Å². The highest BCUT2D eigenvalue weighted by Crippen LogP contribution is 2.36. The maximum atomic E-state index is 14.5. The molecule has 0 unspecified atom stereocenters. The summed E-state index contributed by atoms with van der Waals surface area (Å²) in [7, 11) is 1.22. The summed E-state index contributed by atoms with van der Waals surface area (Å²) in [6.07, 6.45) is -6.72. The Morgan fingerprint density at radius 3 is 2.69 bits per heavy atom. The molecule has 1 aliphatic rings. The van der Waals surface area contributed by atoms with Gasteiger partial charge in [0, 0.05) is 19.0 Å². The van der Waals surface area contributed by atoms with Crippen molar-refractivity contribution in [3.63, 3.8) is 0 Å². The minimum atomic E-state index is -4.69. The maximum Gasteiger partial charge on any atom is 0.435 e. The van der Waals surface area contributed by atoms with Gasteiger partial charge in [-0.25, -0.2) is 13.8 Å². The van der Waals surface area contributed by atoms with Gasteiger partial charge < -0.3 is 10.5 Å². The third kappa shape index (κ3) is 3.94. The molecule has 0 spiro atoms. The fraction of sp³-hybridized carbons (Fsp3) is 0.389. The molecule has 6 nitrogen and oxygen atoms in total. The second-order valence-electron chi connectivity index (χ2n) is 6.83. The van der Waals surface area contributed by atoms with E-state index in [9.17, 15) is 26.7 Å². The molecule has 0 fully saturated rings. The molecule has 2 atom stereocenters. The summed E-state index contributed by atoms with van der Waals surface area (Å²) in [5.74, 6) is -1.42. The lowest BCUT2D eigenvalue weighted by Gasteiger charge is -2.33. The molecule has 0 saturated heterocycles. The number of hydrogen-bond donors (Lipinski definition) is 1. The Labute approximate surface area is 162 Å². The Hall–Kier alpha value is -2.98. The lowest BCUT2D eigenvalue weighted by Crippen LogP contribution is -2.43. The van der Waals surface area contributed by atoms with Crippen molar-refractivity contribution in [3.05, 3.63) is 52.6 Å². The molecule has 0 amide bonds. The van der Waals surface area contributed by atoms with Gasteiger partial charge in [-0.2, -0.15) is 18.3 Å². The Balaban J connectivity index is 1.92. The van der Waals surface area contributed by atoms with Crippen LogP contribution in [0.25, 0.3) is 0 Å². The van der Waals surface area contributed by atoms with Crippen LogP contribution in [0, 0.1) is 5.82 Å². The standard InChI is InChI=1S/C18H17F5N4O2/c1-17(14(20)8-29-16(24)25-17)10-5-9(3-4-11(10)19)6-13(28)12-7-15(18(21,22)23)26-27(12)2/h3-5,7,14H,6,8H2,1-2H3,(H2,24,25)/t14-,17+/m0/s1. The minimum absolute atomic E-state index is 0.137. The second-order valence-corrected chi connectivity index (χ2v) is 6.83. The van der Waals surface area contributed by atoms with E-state index in [1.54, 1.807) is 0 Å². The minimum Gasteiger partial charge on any atom is -0.462 e. The molecule has 11 heteroatoms. The van der Waals surface area contributed by atoms with Gasteiger partial charge in [0.15, 0.2) is 17.6 Å². The predicted octanol–water partition coefficient (Wildman–Crippen LogP) is 2.90. The van der Waals surface area contributed by atoms with Crippen molar-refractivity contribution < 1.29 is 31.5 Å². The number of amidine groups is 1. The lowest BCUT2D eigenvalue weighted by molar-refractivity contribution is -0.141. The fourth-order valence-electron chi connectivity index (χ4n) is 3.09.